The lowest BCUT2D eigenvalue weighted by molar-refractivity contribution is -0.123. The smallest absolute Gasteiger partial charge is 0.343 e. The van der Waals surface area contributed by atoms with Crippen molar-refractivity contribution in [2.45, 2.75) is 6.92 Å². The summed E-state index contributed by atoms with van der Waals surface area (Å²) in [5.41, 5.74) is 3.28. The van der Waals surface area contributed by atoms with Crippen molar-refractivity contribution in [2.24, 2.45) is 5.10 Å². The van der Waals surface area contributed by atoms with Crippen LogP contribution >= 0.6 is 0 Å². The molecule has 0 unspecified atom stereocenters. The Morgan fingerprint density at radius 3 is 2.29 bits per heavy atom. The van der Waals surface area contributed by atoms with Gasteiger partial charge in [0.15, 0.2) is 18.1 Å². The lowest BCUT2D eigenvalue weighted by atomic mass is 10.2. The molecule has 0 fully saturated rings. The molecule has 0 saturated carbocycles. The largest absolute Gasteiger partial charge is 0.494 e. The molecule has 34 heavy (non-hydrogen) atoms. The quantitative estimate of drug-likeness (QED) is 0.210. The first-order valence-corrected chi connectivity index (χ1v) is 10.3. The number of hydrazone groups is 1. The van der Waals surface area contributed by atoms with Crippen molar-refractivity contribution in [2.75, 3.05) is 20.3 Å². The summed E-state index contributed by atoms with van der Waals surface area (Å²) in [4.78, 5) is 24.3. The molecule has 3 aromatic carbocycles. The van der Waals surface area contributed by atoms with E-state index in [9.17, 15) is 14.0 Å². The van der Waals surface area contributed by atoms with E-state index >= 15 is 0 Å². The summed E-state index contributed by atoms with van der Waals surface area (Å²) in [5, 5.41) is 3.87. The molecule has 3 rings (SSSR count). The van der Waals surface area contributed by atoms with E-state index < -0.39 is 17.7 Å². The van der Waals surface area contributed by atoms with Crippen molar-refractivity contribution in [3.63, 3.8) is 0 Å². The van der Waals surface area contributed by atoms with Crippen LogP contribution in [0.2, 0.25) is 0 Å². The summed E-state index contributed by atoms with van der Waals surface area (Å²) in [6.07, 6.45) is 1.40. The lowest BCUT2D eigenvalue weighted by Gasteiger charge is -2.10. The third kappa shape index (κ3) is 7.06. The number of hydrogen-bond acceptors (Lipinski definition) is 7. The molecule has 1 amide bonds. The average molecular weight is 466 g/mol. The molecule has 3 aromatic rings. The van der Waals surface area contributed by atoms with Crippen molar-refractivity contribution in [3.05, 3.63) is 83.7 Å². The van der Waals surface area contributed by atoms with E-state index in [1.807, 2.05) is 6.92 Å². The van der Waals surface area contributed by atoms with E-state index in [-0.39, 0.29) is 12.4 Å². The number of nitrogens with zero attached hydrogens (tertiary/aromatic N) is 1. The van der Waals surface area contributed by atoms with Crippen molar-refractivity contribution in [1.82, 2.24) is 5.43 Å². The number of hydrogen-bond donors (Lipinski definition) is 1. The van der Waals surface area contributed by atoms with Gasteiger partial charge in [0.1, 0.15) is 17.3 Å². The lowest BCUT2D eigenvalue weighted by Crippen LogP contribution is -2.24. The third-order valence-electron chi connectivity index (χ3n) is 4.38. The number of amides is 1. The number of nitrogens with one attached hydrogen (secondary N) is 1. The van der Waals surface area contributed by atoms with Gasteiger partial charge in [-0.25, -0.2) is 14.6 Å². The van der Waals surface area contributed by atoms with Crippen LogP contribution in [0.3, 0.4) is 0 Å². The monoisotopic (exact) mass is 466 g/mol. The number of esters is 1. The average Bonchev–Trinajstić information content (AvgIpc) is 2.85. The zero-order chi connectivity index (χ0) is 24.3. The van der Waals surface area contributed by atoms with Gasteiger partial charge in [0, 0.05) is 0 Å². The normalized spacial score (nSPS) is 10.6. The van der Waals surface area contributed by atoms with E-state index in [1.165, 1.54) is 37.6 Å². The molecule has 0 spiro atoms. The molecule has 0 aliphatic carbocycles. The van der Waals surface area contributed by atoms with Gasteiger partial charge >= 0.3 is 5.97 Å². The molecule has 0 aliphatic heterocycles. The van der Waals surface area contributed by atoms with Crippen molar-refractivity contribution in [1.29, 1.82) is 0 Å². The van der Waals surface area contributed by atoms with Crippen LogP contribution in [0.25, 0.3) is 0 Å². The van der Waals surface area contributed by atoms with Crippen LogP contribution in [0.15, 0.2) is 71.8 Å². The van der Waals surface area contributed by atoms with E-state index in [0.717, 1.165) is 0 Å². The molecule has 0 heterocycles. The predicted molar refractivity (Wildman–Crippen MR) is 123 cm³/mol. The standard InChI is InChI=1S/C25H23FN2O6/c1-3-32-20-9-5-18(6-10-20)25(30)34-22-13-4-17(14-23(22)31-2)15-27-28-24(29)16-33-21-11-7-19(26)8-12-21/h4-15H,3,16H2,1-2H3,(H,28,29)/b27-15-. The Bertz CT molecular complexity index is 1150. The molecule has 0 atom stereocenters. The zero-order valence-electron chi connectivity index (χ0n) is 18.6. The first-order valence-electron chi connectivity index (χ1n) is 10.3. The summed E-state index contributed by atoms with van der Waals surface area (Å²) in [6.45, 7) is 2.12. The number of rotatable bonds is 10. The fourth-order valence-electron chi connectivity index (χ4n) is 2.75. The highest BCUT2D eigenvalue weighted by atomic mass is 19.1. The van der Waals surface area contributed by atoms with Gasteiger partial charge in [0.2, 0.25) is 0 Å². The van der Waals surface area contributed by atoms with Crippen LogP contribution in [0, 0.1) is 5.82 Å². The molecular formula is C25H23FN2O6. The molecular weight excluding hydrogens is 443 g/mol. The summed E-state index contributed by atoms with van der Waals surface area (Å²) in [6, 6.07) is 16.7. The minimum absolute atomic E-state index is 0.232. The third-order valence-corrected chi connectivity index (χ3v) is 4.38. The molecule has 1 N–H and O–H groups in total. The molecule has 9 heteroatoms. The van der Waals surface area contributed by atoms with Crippen LogP contribution < -0.4 is 24.4 Å². The van der Waals surface area contributed by atoms with Gasteiger partial charge in [0.25, 0.3) is 5.91 Å². The van der Waals surface area contributed by atoms with E-state index in [0.29, 0.717) is 35.0 Å². The number of methoxy groups -OCH3 is 1. The Kier molecular flexibility index (Phi) is 8.56. The van der Waals surface area contributed by atoms with Crippen molar-refractivity contribution >= 4 is 18.1 Å². The summed E-state index contributed by atoms with van der Waals surface area (Å²) >= 11 is 0. The Hall–Kier alpha value is -4.40. The Morgan fingerprint density at radius 2 is 1.62 bits per heavy atom. The van der Waals surface area contributed by atoms with E-state index in [4.69, 9.17) is 18.9 Å². The number of halogens is 1. The molecule has 8 nitrogen and oxygen atoms in total. The van der Waals surface area contributed by atoms with Gasteiger partial charge in [-0.05, 0) is 79.2 Å². The minimum Gasteiger partial charge on any atom is -0.494 e. The highest BCUT2D eigenvalue weighted by molar-refractivity contribution is 5.92. The van der Waals surface area contributed by atoms with Crippen LogP contribution in [-0.4, -0.2) is 38.4 Å². The van der Waals surface area contributed by atoms with E-state index in [1.54, 1.807) is 42.5 Å². The highest BCUT2D eigenvalue weighted by Gasteiger charge is 2.13. The first-order chi connectivity index (χ1) is 16.5. The van der Waals surface area contributed by atoms with Gasteiger partial charge in [-0.2, -0.15) is 5.10 Å². The van der Waals surface area contributed by atoms with Gasteiger partial charge in [-0.15, -0.1) is 0 Å². The maximum Gasteiger partial charge on any atom is 0.343 e. The Balaban J connectivity index is 1.55. The SMILES string of the molecule is CCOc1ccc(C(=O)Oc2ccc(/C=N\NC(=O)COc3ccc(F)cc3)cc2OC)cc1. The fraction of sp³-hybridized carbons (Fsp3) is 0.160. The molecule has 176 valence electrons. The van der Waals surface area contributed by atoms with Crippen LogP contribution in [0.5, 0.6) is 23.0 Å². The maximum atomic E-state index is 12.9. The Labute approximate surface area is 195 Å². The van der Waals surface area contributed by atoms with E-state index in [2.05, 4.69) is 10.5 Å². The molecule has 0 saturated heterocycles. The maximum absolute atomic E-state index is 12.9. The van der Waals surface area contributed by atoms with Gasteiger partial charge in [-0.3, -0.25) is 4.79 Å². The van der Waals surface area contributed by atoms with Crippen molar-refractivity contribution < 1.29 is 32.9 Å². The van der Waals surface area contributed by atoms with Crippen LogP contribution in [-0.2, 0) is 4.79 Å². The molecule has 0 aromatic heterocycles. The number of carbonyl (C=O) groups excluding carboxylic acids is 2. The second-order valence-corrected chi connectivity index (χ2v) is 6.79. The Morgan fingerprint density at radius 1 is 0.941 bits per heavy atom. The number of carbonyl (C=O) groups is 2. The topological polar surface area (TPSA) is 95.5 Å². The molecule has 0 aliphatic rings. The van der Waals surface area contributed by atoms with Gasteiger partial charge in [-0.1, -0.05) is 0 Å². The summed E-state index contributed by atoms with van der Waals surface area (Å²) in [5.74, 6) is 0.137. The predicted octanol–water partition coefficient (Wildman–Crippen LogP) is 3.98. The second kappa shape index (κ2) is 12.0. The van der Waals surface area contributed by atoms with Gasteiger partial charge in [0.05, 0.1) is 25.5 Å². The van der Waals surface area contributed by atoms with Crippen molar-refractivity contribution in [3.8, 4) is 23.0 Å². The second-order valence-electron chi connectivity index (χ2n) is 6.79. The molecule has 0 bridgehead atoms. The first kappa shape index (κ1) is 24.2. The number of benzene rings is 3. The molecule has 0 radical (unpaired) electrons. The number of ether oxygens (including phenoxy) is 4. The van der Waals surface area contributed by atoms with Crippen LogP contribution in [0.1, 0.15) is 22.8 Å². The van der Waals surface area contributed by atoms with Crippen LogP contribution in [0.4, 0.5) is 4.39 Å². The van der Waals surface area contributed by atoms with Gasteiger partial charge < -0.3 is 18.9 Å². The minimum atomic E-state index is -0.545. The highest BCUT2D eigenvalue weighted by Crippen LogP contribution is 2.28. The summed E-state index contributed by atoms with van der Waals surface area (Å²) < 4.78 is 34.2. The summed E-state index contributed by atoms with van der Waals surface area (Å²) in [7, 11) is 1.44. The fourth-order valence-corrected chi connectivity index (χ4v) is 2.75. The zero-order valence-corrected chi connectivity index (χ0v) is 18.6.